The van der Waals surface area contributed by atoms with Crippen LogP contribution in [0, 0.1) is 6.92 Å². The van der Waals surface area contributed by atoms with Crippen molar-refractivity contribution in [2.24, 2.45) is 0 Å². The van der Waals surface area contributed by atoms with Gasteiger partial charge in [0.1, 0.15) is 6.54 Å². The summed E-state index contributed by atoms with van der Waals surface area (Å²) in [6, 6.07) is 21.5. The molecule has 4 rings (SSSR count). The van der Waals surface area contributed by atoms with Crippen LogP contribution in [0.3, 0.4) is 0 Å². The summed E-state index contributed by atoms with van der Waals surface area (Å²) in [7, 11) is 0. The van der Waals surface area contributed by atoms with Crippen molar-refractivity contribution in [1.82, 2.24) is 19.8 Å². The van der Waals surface area contributed by atoms with Crippen LogP contribution in [0.5, 0.6) is 0 Å². The number of rotatable bonds is 9. The molecule has 0 aliphatic rings. The highest BCUT2D eigenvalue weighted by molar-refractivity contribution is 5.94. The number of para-hydroxylation sites is 1. The van der Waals surface area contributed by atoms with E-state index in [-0.39, 0.29) is 30.9 Å². The molecule has 8 heteroatoms. The van der Waals surface area contributed by atoms with Gasteiger partial charge in [0.25, 0.3) is 11.5 Å². The number of carbonyl (C=O) groups is 2. The lowest BCUT2D eigenvalue weighted by Crippen LogP contribution is -2.43. The van der Waals surface area contributed by atoms with Crippen molar-refractivity contribution in [3.8, 4) is 0 Å². The molecule has 0 aliphatic heterocycles. The highest BCUT2D eigenvalue weighted by Gasteiger charge is 2.16. The summed E-state index contributed by atoms with van der Waals surface area (Å²) in [6.45, 7) is 6.11. The zero-order valence-electron chi connectivity index (χ0n) is 21.9. The third-order valence-electron chi connectivity index (χ3n) is 6.58. The molecule has 0 spiro atoms. The molecule has 1 atom stereocenters. The molecule has 0 saturated carbocycles. The first kappa shape index (κ1) is 26.6. The van der Waals surface area contributed by atoms with Gasteiger partial charge < -0.3 is 10.6 Å². The molecule has 1 aromatic heterocycles. The molecule has 4 aromatic rings. The molecule has 0 bridgehead atoms. The number of aromatic nitrogens is 2. The number of benzene rings is 3. The third kappa shape index (κ3) is 6.08. The fourth-order valence-corrected chi connectivity index (χ4v) is 4.16. The van der Waals surface area contributed by atoms with Crippen molar-refractivity contribution >= 4 is 22.7 Å². The highest BCUT2D eigenvalue weighted by Crippen LogP contribution is 2.10. The fourth-order valence-electron chi connectivity index (χ4n) is 4.16. The summed E-state index contributed by atoms with van der Waals surface area (Å²) in [5.74, 6) is -0.507. The van der Waals surface area contributed by atoms with Gasteiger partial charge in [0, 0.05) is 18.2 Å². The molecular formula is C30H32N4O4. The van der Waals surface area contributed by atoms with E-state index >= 15 is 0 Å². The van der Waals surface area contributed by atoms with Crippen LogP contribution in [0.15, 0.2) is 82.4 Å². The number of amides is 2. The van der Waals surface area contributed by atoms with Gasteiger partial charge in [0.15, 0.2) is 0 Å². The van der Waals surface area contributed by atoms with Gasteiger partial charge in [0.2, 0.25) is 5.91 Å². The van der Waals surface area contributed by atoms with Gasteiger partial charge in [-0.1, -0.05) is 61.0 Å². The third-order valence-corrected chi connectivity index (χ3v) is 6.58. The second-order valence-electron chi connectivity index (χ2n) is 9.52. The van der Waals surface area contributed by atoms with E-state index in [2.05, 4.69) is 10.6 Å². The Labute approximate surface area is 220 Å². The van der Waals surface area contributed by atoms with Crippen LogP contribution in [0.25, 0.3) is 10.9 Å². The van der Waals surface area contributed by atoms with E-state index in [1.165, 1.54) is 4.57 Å². The lowest BCUT2D eigenvalue weighted by molar-refractivity contribution is -0.122. The number of hydrogen-bond acceptors (Lipinski definition) is 4. The van der Waals surface area contributed by atoms with Crippen molar-refractivity contribution in [3.05, 3.63) is 116 Å². The molecule has 0 unspecified atom stereocenters. The number of fused-ring (bicyclic) bond motifs is 1. The first-order valence-electron chi connectivity index (χ1n) is 12.7. The van der Waals surface area contributed by atoms with Crippen LogP contribution >= 0.6 is 0 Å². The van der Waals surface area contributed by atoms with Crippen LogP contribution in [-0.2, 0) is 24.4 Å². The number of aryl methyl sites for hydroxylation is 1. The minimum Gasteiger partial charge on any atom is -0.352 e. The second kappa shape index (κ2) is 11.7. The van der Waals surface area contributed by atoms with Gasteiger partial charge in [0.05, 0.1) is 17.4 Å². The standard InChI is InChI=1S/C30H32N4O4/c1-4-21(3)32-27(35)19-33-26-8-6-5-7-25(26)29(37)34(30(33)38)18-23-13-15-24(16-14-23)28(36)31-17-22-11-9-20(2)10-12-22/h5-16,21H,4,17-19H2,1-3H3,(H,31,36)(H,32,35)/t21-/m0/s1. The van der Waals surface area contributed by atoms with Gasteiger partial charge in [-0.05, 0) is 55.7 Å². The zero-order chi connectivity index (χ0) is 27.2. The van der Waals surface area contributed by atoms with Crippen LogP contribution < -0.4 is 21.9 Å². The average molecular weight is 513 g/mol. The minimum absolute atomic E-state index is 0.0146. The van der Waals surface area contributed by atoms with E-state index in [9.17, 15) is 19.2 Å². The fraction of sp³-hybridized carbons (Fsp3) is 0.267. The van der Waals surface area contributed by atoms with Crippen LogP contribution in [0.1, 0.15) is 47.3 Å². The molecule has 3 aromatic carbocycles. The van der Waals surface area contributed by atoms with Gasteiger partial charge in [-0.3, -0.25) is 23.5 Å². The van der Waals surface area contributed by atoms with Gasteiger partial charge >= 0.3 is 5.69 Å². The largest absolute Gasteiger partial charge is 0.352 e. The van der Waals surface area contributed by atoms with Crippen LogP contribution in [-0.4, -0.2) is 27.0 Å². The summed E-state index contributed by atoms with van der Waals surface area (Å²) < 4.78 is 2.46. The summed E-state index contributed by atoms with van der Waals surface area (Å²) in [5, 5.41) is 6.13. The number of nitrogens with zero attached hydrogens (tertiary/aromatic N) is 2. The number of hydrogen-bond donors (Lipinski definition) is 2. The van der Waals surface area contributed by atoms with Gasteiger partial charge in [-0.2, -0.15) is 0 Å². The molecule has 1 heterocycles. The molecule has 0 saturated heterocycles. The molecule has 0 aliphatic carbocycles. The maximum Gasteiger partial charge on any atom is 0.332 e. The van der Waals surface area contributed by atoms with Crippen molar-refractivity contribution < 1.29 is 9.59 Å². The maximum atomic E-state index is 13.4. The van der Waals surface area contributed by atoms with E-state index < -0.39 is 11.2 Å². The van der Waals surface area contributed by atoms with E-state index in [1.807, 2.05) is 45.0 Å². The molecule has 2 N–H and O–H groups in total. The Morgan fingerprint density at radius 3 is 2.21 bits per heavy atom. The van der Waals surface area contributed by atoms with Gasteiger partial charge in [-0.25, -0.2) is 4.79 Å². The lowest BCUT2D eigenvalue weighted by Gasteiger charge is -2.16. The lowest BCUT2D eigenvalue weighted by atomic mass is 10.1. The predicted octanol–water partition coefficient (Wildman–Crippen LogP) is 3.36. The summed E-state index contributed by atoms with van der Waals surface area (Å²) in [5.41, 5.74) is 2.75. The van der Waals surface area contributed by atoms with E-state index in [0.29, 0.717) is 28.6 Å². The Morgan fingerprint density at radius 1 is 0.868 bits per heavy atom. The smallest absolute Gasteiger partial charge is 0.332 e. The topological polar surface area (TPSA) is 102 Å². The van der Waals surface area contributed by atoms with Crippen molar-refractivity contribution in [2.75, 3.05) is 0 Å². The van der Waals surface area contributed by atoms with Crippen LogP contribution in [0.2, 0.25) is 0 Å². The first-order chi connectivity index (χ1) is 18.3. The van der Waals surface area contributed by atoms with Crippen molar-refractivity contribution in [3.63, 3.8) is 0 Å². The Balaban J connectivity index is 1.56. The van der Waals surface area contributed by atoms with Gasteiger partial charge in [-0.15, -0.1) is 0 Å². The number of nitrogens with one attached hydrogen (secondary N) is 2. The maximum absolute atomic E-state index is 13.4. The zero-order valence-corrected chi connectivity index (χ0v) is 21.9. The van der Waals surface area contributed by atoms with E-state index in [1.54, 1.807) is 48.5 Å². The highest BCUT2D eigenvalue weighted by atomic mass is 16.2. The molecule has 2 amide bonds. The molecule has 196 valence electrons. The van der Waals surface area contributed by atoms with E-state index in [4.69, 9.17) is 0 Å². The Hall–Kier alpha value is -4.46. The minimum atomic E-state index is -0.562. The summed E-state index contributed by atoms with van der Waals surface area (Å²) in [4.78, 5) is 51.8. The van der Waals surface area contributed by atoms with Crippen molar-refractivity contribution in [2.45, 2.75) is 52.9 Å². The SMILES string of the molecule is CC[C@H](C)NC(=O)Cn1c(=O)n(Cc2ccc(C(=O)NCc3ccc(C)cc3)cc2)c(=O)c2ccccc21. The average Bonchev–Trinajstić information content (AvgIpc) is 2.93. The molecule has 0 radical (unpaired) electrons. The summed E-state index contributed by atoms with van der Waals surface area (Å²) in [6.07, 6.45) is 0.765. The second-order valence-corrected chi connectivity index (χ2v) is 9.52. The first-order valence-corrected chi connectivity index (χ1v) is 12.7. The molecule has 8 nitrogen and oxygen atoms in total. The molecule has 38 heavy (non-hydrogen) atoms. The Bertz CT molecular complexity index is 1570. The Kier molecular flexibility index (Phi) is 8.21. The number of carbonyl (C=O) groups excluding carboxylic acids is 2. The molecule has 0 fully saturated rings. The van der Waals surface area contributed by atoms with Crippen LogP contribution in [0.4, 0.5) is 0 Å². The van der Waals surface area contributed by atoms with Crippen molar-refractivity contribution in [1.29, 1.82) is 0 Å². The quantitative estimate of drug-likeness (QED) is 0.359. The normalized spacial score (nSPS) is 11.8. The summed E-state index contributed by atoms with van der Waals surface area (Å²) >= 11 is 0. The van der Waals surface area contributed by atoms with E-state index in [0.717, 1.165) is 22.1 Å². The Morgan fingerprint density at radius 2 is 1.53 bits per heavy atom. The molecular weight excluding hydrogens is 480 g/mol. The predicted molar refractivity (Wildman–Crippen MR) is 148 cm³/mol. The monoisotopic (exact) mass is 512 g/mol.